The number of nitrogens with zero attached hydrogens (tertiary/aromatic N) is 1. The first-order valence-corrected chi connectivity index (χ1v) is 4.86. The van der Waals surface area contributed by atoms with Gasteiger partial charge in [0.2, 0.25) is 0 Å². The molecule has 0 spiro atoms. The van der Waals surface area contributed by atoms with Crippen molar-refractivity contribution in [1.29, 1.82) is 0 Å². The maximum absolute atomic E-state index is 5.41. The van der Waals surface area contributed by atoms with Gasteiger partial charge in [0.15, 0.2) is 0 Å². The molecular formula is C10H14N2O2. The van der Waals surface area contributed by atoms with Crippen molar-refractivity contribution in [2.75, 3.05) is 6.54 Å². The average Bonchev–Trinajstić information content (AvgIpc) is 2.72. The molecule has 0 saturated heterocycles. The van der Waals surface area contributed by atoms with Crippen molar-refractivity contribution in [3.63, 3.8) is 0 Å². The van der Waals surface area contributed by atoms with E-state index in [-0.39, 0.29) is 0 Å². The van der Waals surface area contributed by atoms with Gasteiger partial charge in [-0.1, -0.05) is 5.16 Å². The minimum Gasteiger partial charge on any atom is -0.497 e. The van der Waals surface area contributed by atoms with Crippen LogP contribution in [-0.2, 0) is 11.3 Å². The lowest BCUT2D eigenvalue weighted by molar-refractivity contribution is 0.121. The molecule has 2 rings (SSSR count). The molecule has 0 amide bonds. The number of hydrogen-bond donors (Lipinski definition) is 1. The second kappa shape index (κ2) is 4.81. The Morgan fingerprint density at radius 1 is 1.57 bits per heavy atom. The van der Waals surface area contributed by atoms with E-state index in [1.165, 1.54) is 0 Å². The van der Waals surface area contributed by atoms with Gasteiger partial charge < -0.3 is 14.6 Å². The zero-order chi connectivity index (χ0) is 9.64. The fraction of sp³-hybridized carbons (Fsp3) is 0.500. The molecule has 1 aromatic rings. The van der Waals surface area contributed by atoms with Crippen LogP contribution < -0.4 is 5.32 Å². The Balaban J connectivity index is 1.65. The van der Waals surface area contributed by atoms with Crippen molar-refractivity contribution in [2.45, 2.75) is 25.5 Å². The highest BCUT2D eigenvalue weighted by Crippen LogP contribution is 2.09. The maximum atomic E-state index is 5.41. The Hall–Kier alpha value is -1.29. The Morgan fingerprint density at radius 3 is 3.29 bits per heavy atom. The van der Waals surface area contributed by atoms with E-state index in [0.29, 0.717) is 12.6 Å². The Morgan fingerprint density at radius 2 is 2.57 bits per heavy atom. The van der Waals surface area contributed by atoms with E-state index in [1.54, 1.807) is 12.5 Å². The smallest absolute Gasteiger partial charge is 0.150 e. The predicted molar refractivity (Wildman–Crippen MR) is 51.5 cm³/mol. The highest BCUT2D eigenvalue weighted by atomic mass is 16.5. The van der Waals surface area contributed by atoms with E-state index in [0.717, 1.165) is 25.1 Å². The third-order valence-electron chi connectivity index (χ3n) is 2.19. The van der Waals surface area contributed by atoms with Crippen LogP contribution in [0.25, 0.3) is 0 Å². The second-order valence-corrected chi connectivity index (χ2v) is 3.32. The topological polar surface area (TPSA) is 47.3 Å². The molecule has 0 saturated carbocycles. The third kappa shape index (κ3) is 2.60. The minimum atomic E-state index is 0.294. The van der Waals surface area contributed by atoms with E-state index >= 15 is 0 Å². The quantitative estimate of drug-likeness (QED) is 0.788. The monoisotopic (exact) mass is 194 g/mol. The maximum Gasteiger partial charge on any atom is 0.150 e. The molecule has 1 aromatic heterocycles. The number of ether oxygens (including phenoxy) is 1. The number of allylic oxidation sites excluding steroid dienone is 1. The molecular weight excluding hydrogens is 180 g/mol. The van der Waals surface area contributed by atoms with Crippen LogP contribution >= 0.6 is 0 Å². The van der Waals surface area contributed by atoms with Gasteiger partial charge in [-0.05, 0) is 18.9 Å². The van der Waals surface area contributed by atoms with Gasteiger partial charge in [-0.15, -0.1) is 0 Å². The lowest BCUT2D eigenvalue weighted by atomic mass is 10.1. The van der Waals surface area contributed by atoms with E-state index in [1.807, 2.05) is 12.1 Å². The Kier molecular flexibility index (Phi) is 3.19. The lowest BCUT2D eigenvalue weighted by Crippen LogP contribution is -2.28. The third-order valence-corrected chi connectivity index (χ3v) is 2.19. The van der Waals surface area contributed by atoms with Gasteiger partial charge in [-0.2, -0.15) is 0 Å². The summed E-state index contributed by atoms with van der Waals surface area (Å²) < 4.78 is 10.4. The van der Waals surface area contributed by atoms with E-state index < -0.39 is 0 Å². The molecule has 0 aromatic carbocycles. The van der Waals surface area contributed by atoms with Gasteiger partial charge in [0.05, 0.1) is 19.0 Å². The number of aromatic nitrogens is 1. The Labute approximate surface area is 82.9 Å². The van der Waals surface area contributed by atoms with Crippen molar-refractivity contribution < 1.29 is 9.26 Å². The summed E-state index contributed by atoms with van der Waals surface area (Å²) >= 11 is 0. The first-order valence-electron chi connectivity index (χ1n) is 4.86. The largest absolute Gasteiger partial charge is 0.497 e. The van der Waals surface area contributed by atoms with Crippen LogP contribution in [0.2, 0.25) is 0 Å². The van der Waals surface area contributed by atoms with Gasteiger partial charge in [0.25, 0.3) is 0 Å². The summed E-state index contributed by atoms with van der Waals surface area (Å²) in [7, 11) is 0. The standard InChI is InChI=1S/C10H14N2O2/c1-2-6-13-9(3-1)7-11-8-10-4-5-12-14-10/h2,4-6,9,11H,1,3,7-8H2. The molecule has 4 heteroatoms. The van der Waals surface area contributed by atoms with Gasteiger partial charge >= 0.3 is 0 Å². The molecule has 0 bridgehead atoms. The Bertz CT molecular complexity index is 282. The molecule has 1 aliphatic heterocycles. The number of rotatable bonds is 4. The summed E-state index contributed by atoms with van der Waals surface area (Å²) in [6.45, 7) is 1.56. The summed E-state index contributed by atoms with van der Waals surface area (Å²) in [5, 5.41) is 6.90. The van der Waals surface area contributed by atoms with Gasteiger partial charge in [-0.25, -0.2) is 0 Å². The van der Waals surface area contributed by atoms with Crippen molar-refractivity contribution in [3.05, 3.63) is 30.4 Å². The van der Waals surface area contributed by atoms with Crippen LogP contribution in [0.3, 0.4) is 0 Å². The average molecular weight is 194 g/mol. The van der Waals surface area contributed by atoms with Crippen molar-refractivity contribution >= 4 is 0 Å². The summed E-state index contributed by atoms with van der Waals surface area (Å²) in [4.78, 5) is 0. The number of hydrogen-bond acceptors (Lipinski definition) is 4. The van der Waals surface area contributed by atoms with E-state index in [9.17, 15) is 0 Å². The van der Waals surface area contributed by atoms with Crippen LogP contribution in [0.5, 0.6) is 0 Å². The molecule has 1 aliphatic rings. The zero-order valence-corrected chi connectivity index (χ0v) is 7.98. The molecule has 0 radical (unpaired) electrons. The van der Waals surface area contributed by atoms with Crippen LogP contribution in [0.15, 0.2) is 29.1 Å². The lowest BCUT2D eigenvalue weighted by Gasteiger charge is -2.19. The van der Waals surface area contributed by atoms with Crippen molar-refractivity contribution in [1.82, 2.24) is 10.5 Å². The van der Waals surface area contributed by atoms with Crippen LogP contribution in [0.4, 0.5) is 0 Å². The molecule has 14 heavy (non-hydrogen) atoms. The van der Waals surface area contributed by atoms with Crippen LogP contribution in [0.1, 0.15) is 18.6 Å². The molecule has 0 fully saturated rings. The summed E-state index contributed by atoms with van der Waals surface area (Å²) in [6, 6.07) is 1.86. The first kappa shape index (κ1) is 9.27. The van der Waals surface area contributed by atoms with Crippen molar-refractivity contribution in [2.24, 2.45) is 0 Å². The van der Waals surface area contributed by atoms with Crippen LogP contribution in [0, 0.1) is 0 Å². The fourth-order valence-electron chi connectivity index (χ4n) is 1.42. The molecule has 76 valence electrons. The zero-order valence-electron chi connectivity index (χ0n) is 7.98. The summed E-state index contributed by atoms with van der Waals surface area (Å²) in [5.41, 5.74) is 0. The van der Waals surface area contributed by atoms with Crippen molar-refractivity contribution in [3.8, 4) is 0 Å². The van der Waals surface area contributed by atoms with Crippen LogP contribution in [-0.4, -0.2) is 17.8 Å². The normalized spacial score (nSPS) is 20.7. The van der Waals surface area contributed by atoms with Gasteiger partial charge in [0.1, 0.15) is 11.9 Å². The SMILES string of the molecule is C1=COC(CNCc2ccno2)CC1. The van der Waals surface area contributed by atoms with E-state index in [4.69, 9.17) is 9.26 Å². The molecule has 0 aliphatic carbocycles. The van der Waals surface area contributed by atoms with E-state index in [2.05, 4.69) is 10.5 Å². The fourth-order valence-corrected chi connectivity index (χ4v) is 1.42. The molecule has 1 N–H and O–H groups in total. The summed E-state index contributed by atoms with van der Waals surface area (Å²) in [5.74, 6) is 0.858. The highest BCUT2D eigenvalue weighted by molar-refractivity contribution is 4.92. The molecule has 1 atom stereocenters. The van der Waals surface area contributed by atoms with Gasteiger partial charge in [0, 0.05) is 12.6 Å². The second-order valence-electron chi connectivity index (χ2n) is 3.32. The molecule has 1 unspecified atom stereocenters. The minimum absolute atomic E-state index is 0.294. The molecule has 4 nitrogen and oxygen atoms in total. The molecule has 2 heterocycles. The number of nitrogens with one attached hydrogen (secondary N) is 1. The first-order chi connectivity index (χ1) is 6.95. The van der Waals surface area contributed by atoms with Gasteiger partial charge in [-0.3, -0.25) is 0 Å². The summed E-state index contributed by atoms with van der Waals surface area (Å²) in [6.07, 6.45) is 7.96. The predicted octanol–water partition coefficient (Wildman–Crippen LogP) is 1.46. The highest BCUT2D eigenvalue weighted by Gasteiger charge is 2.10.